The number of carbonyl (C=O) groups excluding carboxylic acids is 1. The standard InChI is InChI=1S/C18H26N2O3/c1-23-15-7-5-14(6-8-15)17(21)20-12-9-18(22,10-13-20)16-4-2-3-11-19-16/h2-4,11,14-15,22H,5-10,12-13H2,1H3. The average molecular weight is 318 g/mol. The number of methoxy groups -OCH3 is 1. The number of hydrogen-bond donors (Lipinski definition) is 1. The molecule has 5 nitrogen and oxygen atoms in total. The van der Waals surface area contributed by atoms with Crippen LogP contribution in [-0.2, 0) is 15.1 Å². The number of pyridine rings is 1. The van der Waals surface area contributed by atoms with Gasteiger partial charge in [0.15, 0.2) is 0 Å². The minimum Gasteiger partial charge on any atom is -0.383 e. The van der Waals surface area contributed by atoms with Crippen molar-refractivity contribution in [2.45, 2.75) is 50.2 Å². The molecule has 0 unspecified atom stereocenters. The van der Waals surface area contributed by atoms with Gasteiger partial charge in [-0.15, -0.1) is 0 Å². The lowest BCUT2D eigenvalue weighted by molar-refractivity contribution is -0.142. The first-order valence-corrected chi connectivity index (χ1v) is 8.58. The zero-order valence-electron chi connectivity index (χ0n) is 13.8. The Kier molecular flexibility index (Phi) is 4.97. The third-order valence-electron chi connectivity index (χ3n) is 5.40. The van der Waals surface area contributed by atoms with Crippen LogP contribution in [0.1, 0.15) is 44.2 Å². The number of piperidine rings is 1. The first-order chi connectivity index (χ1) is 11.1. The highest BCUT2D eigenvalue weighted by atomic mass is 16.5. The van der Waals surface area contributed by atoms with E-state index >= 15 is 0 Å². The van der Waals surface area contributed by atoms with Crippen LogP contribution in [0.5, 0.6) is 0 Å². The number of hydrogen-bond acceptors (Lipinski definition) is 4. The van der Waals surface area contributed by atoms with Gasteiger partial charge in [-0.3, -0.25) is 9.78 Å². The van der Waals surface area contributed by atoms with Crippen LogP contribution in [-0.4, -0.2) is 47.2 Å². The van der Waals surface area contributed by atoms with E-state index in [1.165, 1.54) is 0 Å². The first-order valence-electron chi connectivity index (χ1n) is 8.58. The highest BCUT2D eigenvalue weighted by molar-refractivity contribution is 5.79. The average Bonchev–Trinajstić information content (AvgIpc) is 2.63. The Labute approximate surface area is 137 Å². The lowest BCUT2D eigenvalue weighted by atomic mass is 9.84. The van der Waals surface area contributed by atoms with Crippen LogP contribution < -0.4 is 0 Å². The summed E-state index contributed by atoms with van der Waals surface area (Å²) < 4.78 is 5.38. The number of likely N-dealkylation sites (tertiary alicyclic amines) is 1. The number of aliphatic hydroxyl groups is 1. The summed E-state index contributed by atoms with van der Waals surface area (Å²) in [6.07, 6.45) is 6.91. The largest absolute Gasteiger partial charge is 0.383 e. The molecule has 1 N–H and O–H groups in total. The molecule has 126 valence electrons. The van der Waals surface area contributed by atoms with Gasteiger partial charge in [0.05, 0.1) is 11.8 Å². The number of rotatable bonds is 3. The van der Waals surface area contributed by atoms with Crippen molar-refractivity contribution in [1.29, 1.82) is 0 Å². The van der Waals surface area contributed by atoms with Gasteiger partial charge in [-0.2, -0.15) is 0 Å². The molecule has 1 aliphatic heterocycles. The van der Waals surface area contributed by atoms with Crippen molar-refractivity contribution < 1.29 is 14.6 Å². The second-order valence-electron chi connectivity index (χ2n) is 6.78. The summed E-state index contributed by atoms with van der Waals surface area (Å²) in [4.78, 5) is 18.9. The molecule has 0 aromatic carbocycles. The van der Waals surface area contributed by atoms with Gasteiger partial charge in [-0.1, -0.05) is 6.07 Å². The van der Waals surface area contributed by atoms with E-state index in [9.17, 15) is 9.90 Å². The maximum atomic E-state index is 12.7. The van der Waals surface area contributed by atoms with E-state index in [0.717, 1.165) is 25.7 Å². The maximum absolute atomic E-state index is 12.7. The molecule has 5 heteroatoms. The van der Waals surface area contributed by atoms with Gasteiger partial charge in [0, 0.05) is 32.3 Å². The normalized spacial score (nSPS) is 27.7. The Morgan fingerprint density at radius 1 is 1.26 bits per heavy atom. The predicted octanol–water partition coefficient (Wildman–Crippen LogP) is 2.10. The van der Waals surface area contributed by atoms with Crippen LogP contribution in [0.15, 0.2) is 24.4 Å². The fraction of sp³-hybridized carbons (Fsp3) is 0.667. The van der Waals surface area contributed by atoms with Gasteiger partial charge < -0.3 is 14.7 Å². The van der Waals surface area contributed by atoms with Crippen molar-refractivity contribution in [1.82, 2.24) is 9.88 Å². The number of aromatic nitrogens is 1. The topological polar surface area (TPSA) is 62.7 Å². The molecule has 1 saturated carbocycles. The molecule has 1 saturated heterocycles. The molecule has 2 heterocycles. The number of carbonyl (C=O) groups is 1. The summed E-state index contributed by atoms with van der Waals surface area (Å²) in [6.45, 7) is 1.21. The molecule has 23 heavy (non-hydrogen) atoms. The van der Waals surface area contributed by atoms with E-state index in [0.29, 0.717) is 37.7 Å². The van der Waals surface area contributed by atoms with Crippen LogP contribution in [0, 0.1) is 5.92 Å². The molecule has 0 radical (unpaired) electrons. The number of ether oxygens (including phenoxy) is 1. The highest BCUT2D eigenvalue weighted by Gasteiger charge is 2.38. The molecule has 2 fully saturated rings. The molecule has 1 aliphatic carbocycles. The van der Waals surface area contributed by atoms with E-state index < -0.39 is 5.60 Å². The Morgan fingerprint density at radius 3 is 2.52 bits per heavy atom. The van der Waals surface area contributed by atoms with Crippen molar-refractivity contribution in [2.75, 3.05) is 20.2 Å². The van der Waals surface area contributed by atoms with Crippen LogP contribution in [0.2, 0.25) is 0 Å². The van der Waals surface area contributed by atoms with Gasteiger partial charge in [0.25, 0.3) is 0 Å². The van der Waals surface area contributed by atoms with Crippen LogP contribution in [0.25, 0.3) is 0 Å². The molecule has 1 aromatic heterocycles. The Balaban J connectivity index is 1.56. The summed E-state index contributed by atoms with van der Waals surface area (Å²) >= 11 is 0. The Bertz CT molecular complexity index is 518. The molecule has 1 aromatic rings. The zero-order valence-corrected chi connectivity index (χ0v) is 13.8. The van der Waals surface area contributed by atoms with Gasteiger partial charge in [-0.25, -0.2) is 0 Å². The van der Waals surface area contributed by atoms with Crippen molar-refractivity contribution in [3.8, 4) is 0 Å². The van der Waals surface area contributed by atoms with Crippen LogP contribution in [0.3, 0.4) is 0 Å². The second kappa shape index (κ2) is 6.97. The van der Waals surface area contributed by atoms with Crippen molar-refractivity contribution in [3.63, 3.8) is 0 Å². The van der Waals surface area contributed by atoms with E-state index in [2.05, 4.69) is 4.98 Å². The molecule has 3 rings (SSSR count). The molecule has 0 spiro atoms. The molecule has 1 amide bonds. The molecule has 2 aliphatic rings. The highest BCUT2D eigenvalue weighted by Crippen LogP contribution is 2.33. The maximum Gasteiger partial charge on any atom is 0.225 e. The van der Waals surface area contributed by atoms with Crippen LogP contribution >= 0.6 is 0 Å². The summed E-state index contributed by atoms with van der Waals surface area (Å²) in [7, 11) is 1.75. The lowest BCUT2D eigenvalue weighted by Crippen LogP contribution is -2.48. The number of amides is 1. The lowest BCUT2D eigenvalue weighted by Gasteiger charge is -2.40. The summed E-state index contributed by atoms with van der Waals surface area (Å²) in [5.74, 6) is 0.380. The predicted molar refractivity (Wildman–Crippen MR) is 86.7 cm³/mol. The molecule has 0 atom stereocenters. The Hall–Kier alpha value is -1.46. The van der Waals surface area contributed by atoms with Crippen molar-refractivity contribution >= 4 is 5.91 Å². The monoisotopic (exact) mass is 318 g/mol. The SMILES string of the molecule is COC1CCC(C(=O)N2CCC(O)(c3ccccn3)CC2)CC1. The fourth-order valence-electron chi connectivity index (χ4n) is 3.79. The molecule has 0 bridgehead atoms. The van der Waals surface area contributed by atoms with E-state index in [4.69, 9.17) is 4.74 Å². The third kappa shape index (κ3) is 3.56. The van der Waals surface area contributed by atoms with Crippen LogP contribution in [0.4, 0.5) is 0 Å². The van der Waals surface area contributed by atoms with E-state index in [-0.39, 0.29) is 11.8 Å². The van der Waals surface area contributed by atoms with Gasteiger partial charge in [0.1, 0.15) is 5.60 Å². The molecular formula is C18H26N2O3. The van der Waals surface area contributed by atoms with E-state index in [1.807, 2.05) is 23.1 Å². The minimum absolute atomic E-state index is 0.127. The van der Waals surface area contributed by atoms with Gasteiger partial charge >= 0.3 is 0 Å². The second-order valence-corrected chi connectivity index (χ2v) is 6.78. The van der Waals surface area contributed by atoms with Crippen molar-refractivity contribution in [3.05, 3.63) is 30.1 Å². The fourth-order valence-corrected chi connectivity index (χ4v) is 3.79. The summed E-state index contributed by atoms with van der Waals surface area (Å²) in [5.41, 5.74) is -0.182. The third-order valence-corrected chi connectivity index (χ3v) is 5.40. The van der Waals surface area contributed by atoms with E-state index in [1.54, 1.807) is 13.3 Å². The van der Waals surface area contributed by atoms with Gasteiger partial charge in [-0.05, 0) is 50.7 Å². The minimum atomic E-state index is -0.897. The zero-order chi connectivity index (χ0) is 16.3. The van der Waals surface area contributed by atoms with Crippen molar-refractivity contribution in [2.24, 2.45) is 5.92 Å². The van der Waals surface area contributed by atoms with Gasteiger partial charge in [0.2, 0.25) is 5.91 Å². The quantitative estimate of drug-likeness (QED) is 0.927. The first kappa shape index (κ1) is 16.4. The smallest absolute Gasteiger partial charge is 0.225 e. The number of nitrogens with zero attached hydrogens (tertiary/aromatic N) is 2. The Morgan fingerprint density at radius 2 is 1.96 bits per heavy atom. The summed E-state index contributed by atoms with van der Waals surface area (Å²) in [6, 6.07) is 5.61. The summed E-state index contributed by atoms with van der Waals surface area (Å²) in [5, 5.41) is 10.8. The molecular weight excluding hydrogens is 292 g/mol.